The molecule has 0 radical (unpaired) electrons. The van der Waals surface area contributed by atoms with Crippen LogP contribution in [0.5, 0.6) is 11.6 Å². The van der Waals surface area contributed by atoms with Gasteiger partial charge < -0.3 is 10.1 Å². The van der Waals surface area contributed by atoms with Crippen molar-refractivity contribution in [2.24, 2.45) is 0 Å². The Bertz CT molecular complexity index is 1160. The minimum absolute atomic E-state index is 0.135. The number of aromatic nitrogens is 2. The second-order valence-corrected chi connectivity index (χ2v) is 6.47. The van der Waals surface area contributed by atoms with Crippen LogP contribution in [0.1, 0.15) is 11.1 Å². The average Bonchev–Trinajstić information content (AvgIpc) is 2.73. The Balaban J connectivity index is 1.44. The van der Waals surface area contributed by atoms with Crippen LogP contribution in [-0.4, -0.2) is 15.9 Å². The molecule has 4 rings (SSSR count). The smallest absolute Gasteiger partial charge is 0.224 e. The van der Waals surface area contributed by atoms with E-state index in [1.165, 1.54) is 12.1 Å². The molecule has 0 saturated carbocycles. The summed E-state index contributed by atoms with van der Waals surface area (Å²) in [6.07, 6.45) is 3.52. The summed E-state index contributed by atoms with van der Waals surface area (Å²) < 4.78 is 19.1. The summed E-state index contributed by atoms with van der Waals surface area (Å²) in [4.78, 5) is 21.1. The van der Waals surface area contributed by atoms with Crippen LogP contribution in [0, 0.1) is 5.82 Å². The van der Waals surface area contributed by atoms with Crippen molar-refractivity contribution < 1.29 is 13.9 Å². The normalized spacial score (nSPS) is 10.7. The van der Waals surface area contributed by atoms with Crippen molar-refractivity contribution in [1.29, 1.82) is 0 Å². The molecule has 0 fully saturated rings. The van der Waals surface area contributed by atoms with Gasteiger partial charge in [0.05, 0.1) is 11.9 Å². The molecule has 29 heavy (non-hydrogen) atoms. The second kappa shape index (κ2) is 8.48. The predicted molar refractivity (Wildman–Crippen MR) is 108 cm³/mol. The van der Waals surface area contributed by atoms with Gasteiger partial charge >= 0.3 is 0 Å². The van der Waals surface area contributed by atoms with Gasteiger partial charge in [-0.25, -0.2) is 9.37 Å². The summed E-state index contributed by atoms with van der Waals surface area (Å²) in [5.41, 5.74) is 2.38. The fraction of sp³-hybridized carbons (Fsp3) is 0.0870. The van der Waals surface area contributed by atoms with E-state index in [1.807, 2.05) is 30.3 Å². The maximum Gasteiger partial charge on any atom is 0.224 e. The lowest BCUT2D eigenvalue weighted by Gasteiger charge is -2.11. The Morgan fingerprint density at radius 3 is 2.59 bits per heavy atom. The van der Waals surface area contributed by atoms with Gasteiger partial charge in [-0.1, -0.05) is 36.4 Å². The van der Waals surface area contributed by atoms with Gasteiger partial charge in [-0.2, -0.15) is 0 Å². The fourth-order valence-corrected chi connectivity index (χ4v) is 3.03. The topological polar surface area (TPSA) is 64.1 Å². The van der Waals surface area contributed by atoms with Crippen molar-refractivity contribution in [3.63, 3.8) is 0 Å². The first kappa shape index (κ1) is 18.6. The van der Waals surface area contributed by atoms with E-state index < -0.39 is 5.82 Å². The number of rotatable bonds is 6. The number of para-hydroxylation sites is 1. The number of carbonyl (C=O) groups is 1. The number of hydrogen-bond donors (Lipinski definition) is 1. The van der Waals surface area contributed by atoms with Crippen LogP contribution in [-0.2, 0) is 17.8 Å². The Labute approximate surface area is 167 Å². The van der Waals surface area contributed by atoms with Crippen molar-refractivity contribution in [3.8, 4) is 11.6 Å². The summed E-state index contributed by atoms with van der Waals surface area (Å²) >= 11 is 0. The third kappa shape index (κ3) is 4.55. The third-order valence-electron chi connectivity index (χ3n) is 4.40. The Morgan fingerprint density at radius 2 is 1.69 bits per heavy atom. The zero-order valence-electron chi connectivity index (χ0n) is 15.5. The highest BCUT2D eigenvalue weighted by molar-refractivity contribution is 5.87. The van der Waals surface area contributed by atoms with Crippen LogP contribution in [0.2, 0.25) is 0 Å². The largest absolute Gasteiger partial charge is 0.439 e. The maximum atomic E-state index is 13.4. The van der Waals surface area contributed by atoms with Crippen LogP contribution < -0.4 is 10.1 Å². The summed E-state index contributed by atoms with van der Waals surface area (Å²) in [7, 11) is 0. The first-order valence-electron chi connectivity index (χ1n) is 9.16. The molecular weight excluding hydrogens is 369 g/mol. The molecule has 2 heterocycles. The van der Waals surface area contributed by atoms with Crippen molar-refractivity contribution in [2.45, 2.75) is 13.0 Å². The average molecular weight is 387 g/mol. The van der Waals surface area contributed by atoms with Crippen molar-refractivity contribution in [3.05, 3.63) is 96.1 Å². The van der Waals surface area contributed by atoms with Crippen molar-refractivity contribution in [2.75, 3.05) is 0 Å². The van der Waals surface area contributed by atoms with E-state index in [0.29, 0.717) is 17.2 Å². The number of fused-ring (bicyclic) bond motifs is 1. The number of hydrogen-bond acceptors (Lipinski definition) is 4. The molecule has 0 bridgehead atoms. The lowest BCUT2D eigenvalue weighted by molar-refractivity contribution is -0.120. The molecular formula is C23H18FN3O2. The molecule has 5 nitrogen and oxygen atoms in total. The lowest BCUT2D eigenvalue weighted by atomic mass is 10.1. The van der Waals surface area contributed by atoms with E-state index in [4.69, 9.17) is 4.74 Å². The maximum absolute atomic E-state index is 13.4. The van der Waals surface area contributed by atoms with Crippen LogP contribution in [0.3, 0.4) is 0 Å². The zero-order chi connectivity index (χ0) is 20.1. The molecule has 144 valence electrons. The number of carbonyl (C=O) groups excluding carboxylic acids is 1. The minimum Gasteiger partial charge on any atom is -0.439 e. The molecule has 0 aliphatic carbocycles. The standard InChI is InChI=1S/C23H18FN3O2/c24-19-9-2-10-20(14-19)29-23-18(8-4-12-26-23)15-27-21(28)13-17-6-1-5-16-7-3-11-25-22(16)17/h1-12,14H,13,15H2,(H,27,28). The van der Waals surface area contributed by atoms with Crippen molar-refractivity contribution in [1.82, 2.24) is 15.3 Å². The highest BCUT2D eigenvalue weighted by atomic mass is 19.1. The Kier molecular flexibility index (Phi) is 5.42. The summed E-state index contributed by atoms with van der Waals surface area (Å²) in [5, 5.41) is 3.89. The number of ether oxygens (including phenoxy) is 1. The molecule has 6 heteroatoms. The lowest BCUT2D eigenvalue weighted by Crippen LogP contribution is -2.25. The number of nitrogens with zero attached hydrogens (tertiary/aromatic N) is 2. The highest BCUT2D eigenvalue weighted by Crippen LogP contribution is 2.23. The molecule has 0 unspecified atom stereocenters. The monoisotopic (exact) mass is 387 g/mol. The van der Waals surface area contributed by atoms with Gasteiger partial charge in [0.15, 0.2) is 0 Å². The number of benzene rings is 2. The molecule has 1 amide bonds. The highest BCUT2D eigenvalue weighted by Gasteiger charge is 2.11. The van der Waals surface area contributed by atoms with Crippen LogP contribution >= 0.6 is 0 Å². The molecule has 0 atom stereocenters. The molecule has 0 spiro atoms. The Hall–Kier alpha value is -3.80. The minimum atomic E-state index is -0.392. The second-order valence-electron chi connectivity index (χ2n) is 6.47. The van der Waals surface area contributed by atoms with Crippen LogP contribution in [0.25, 0.3) is 10.9 Å². The van der Waals surface area contributed by atoms with E-state index in [-0.39, 0.29) is 18.9 Å². The molecule has 0 aliphatic rings. The van der Waals surface area contributed by atoms with E-state index >= 15 is 0 Å². The zero-order valence-corrected chi connectivity index (χ0v) is 15.5. The Morgan fingerprint density at radius 1 is 0.931 bits per heavy atom. The van der Waals surface area contributed by atoms with Crippen molar-refractivity contribution >= 4 is 16.8 Å². The summed E-state index contributed by atoms with van der Waals surface area (Å²) in [6.45, 7) is 0.246. The van der Waals surface area contributed by atoms with E-state index in [0.717, 1.165) is 16.5 Å². The van der Waals surface area contributed by atoms with Crippen LogP contribution in [0.4, 0.5) is 4.39 Å². The predicted octanol–water partition coefficient (Wildman–Crippen LogP) is 4.42. The first-order chi connectivity index (χ1) is 14.2. The first-order valence-corrected chi connectivity index (χ1v) is 9.16. The molecule has 2 aromatic heterocycles. The van der Waals surface area contributed by atoms with Gasteiger partial charge in [0, 0.05) is 36.0 Å². The van der Waals surface area contributed by atoms with E-state index in [1.54, 1.807) is 36.7 Å². The molecule has 1 N–H and O–H groups in total. The van der Waals surface area contributed by atoms with E-state index in [9.17, 15) is 9.18 Å². The summed E-state index contributed by atoms with van der Waals surface area (Å²) in [5.74, 6) is 0.143. The SMILES string of the molecule is O=C(Cc1cccc2cccnc12)NCc1cccnc1Oc1cccc(F)c1. The fourth-order valence-electron chi connectivity index (χ4n) is 3.03. The summed E-state index contributed by atoms with van der Waals surface area (Å²) in [6, 6.07) is 19.0. The van der Waals surface area contributed by atoms with Gasteiger partial charge in [0.25, 0.3) is 0 Å². The molecule has 2 aromatic carbocycles. The molecule has 4 aromatic rings. The quantitative estimate of drug-likeness (QED) is 0.532. The number of amides is 1. The van der Waals surface area contributed by atoms with Gasteiger partial charge in [0.2, 0.25) is 11.8 Å². The van der Waals surface area contributed by atoms with Gasteiger partial charge in [-0.15, -0.1) is 0 Å². The van der Waals surface area contributed by atoms with Gasteiger partial charge in [-0.05, 0) is 29.8 Å². The van der Waals surface area contributed by atoms with Gasteiger partial charge in [-0.3, -0.25) is 9.78 Å². The molecule has 0 saturated heterocycles. The van der Waals surface area contributed by atoms with Gasteiger partial charge in [0.1, 0.15) is 11.6 Å². The number of pyridine rings is 2. The number of nitrogens with one attached hydrogen (secondary N) is 1. The van der Waals surface area contributed by atoms with Crippen LogP contribution in [0.15, 0.2) is 79.1 Å². The third-order valence-corrected chi connectivity index (χ3v) is 4.40. The number of halogens is 1. The molecule has 0 aliphatic heterocycles. The van der Waals surface area contributed by atoms with E-state index in [2.05, 4.69) is 15.3 Å².